The highest BCUT2D eigenvalue weighted by molar-refractivity contribution is 7.80. The molecule has 0 radical (unpaired) electrons. The van der Waals surface area contributed by atoms with Crippen LogP contribution < -0.4 is 0 Å². The highest BCUT2D eigenvalue weighted by Gasteiger charge is 2.40. The maximum Gasteiger partial charge on any atom is 0.501 e. The molecule has 0 aromatic carbocycles. The van der Waals surface area contributed by atoms with Crippen molar-refractivity contribution in [3.8, 4) is 0 Å². The van der Waals surface area contributed by atoms with Gasteiger partial charge in [-0.1, -0.05) is 194 Å². The zero-order valence-corrected chi connectivity index (χ0v) is 31.8. The van der Waals surface area contributed by atoms with Gasteiger partial charge < -0.3 is 13.3 Å². The van der Waals surface area contributed by atoms with Crippen molar-refractivity contribution in [2.75, 3.05) is 25.6 Å². The Hall–Kier alpha value is 0.447. The molecular weight excluding hydrogens is 565 g/mol. The Morgan fingerprint density at radius 3 is 0.744 bits per heavy atom. The van der Waals surface area contributed by atoms with E-state index < -0.39 is 8.80 Å². The molecule has 0 aromatic heterocycles. The number of rotatable bonds is 38. The molecule has 0 aromatic rings. The van der Waals surface area contributed by atoms with Gasteiger partial charge in [-0.05, 0) is 25.0 Å². The highest BCUT2D eigenvalue weighted by atomic mass is 32.1. The predicted octanol–water partition coefficient (Wildman–Crippen LogP) is 13.7. The molecule has 0 saturated heterocycles. The van der Waals surface area contributed by atoms with Crippen LogP contribution in [0.1, 0.15) is 213 Å². The van der Waals surface area contributed by atoms with Crippen molar-refractivity contribution >= 4 is 21.4 Å². The van der Waals surface area contributed by atoms with Crippen LogP contribution in [0, 0.1) is 0 Å². The lowest BCUT2D eigenvalue weighted by atomic mass is 10.1. The summed E-state index contributed by atoms with van der Waals surface area (Å²) in [7, 11) is -2.65. The number of hydrogen-bond donors (Lipinski definition) is 1. The van der Waals surface area contributed by atoms with Crippen LogP contribution in [0.5, 0.6) is 0 Å². The summed E-state index contributed by atoms with van der Waals surface area (Å²) in [6, 6.07) is 0.837. The van der Waals surface area contributed by atoms with E-state index in [4.69, 9.17) is 13.3 Å². The summed E-state index contributed by atoms with van der Waals surface area (Å²) < 4.78 is 19.7. The van der Waals surface area contributed by atoms with E-state index in [0.29, 0.717) is 0 Å². The lowest BCUT2D eigenvalue weighted by molar-refractivity contribution is 0.0566. The third-order valence-corrected chi connectivity index (χ3v) is 12.3. The average Bonchev–Trinajstić information content (AvgIpc) is 3.01. The molecule has 0 unspecified atom stereocenters. The Bertz CT molecular complexity index is 443. The van der Waals surface area contributed by atoms with E-state index in [0.717, 1.165) is 50.9 Å². The van der Waals surface area contributed by atoms with Crippen molar-refractivity contribution in [1.29, 1.82) is 0 Å². The summed E-state index contributed by atoms with van der Waals surface area (Å²) in [4.78, 5) is 0. The Labute approximate surface area is 278 Å². The summed E-state index contributed by atoms with van der Waals surface area (Å²) in [6.07, 6.45) is 40.4. The Balaban J connectivity index is 4.35. The summed E-state index contributed by atoms with van der Waals surface area (Å²) in [5.41, 5.74) is 0. The number of unbranched alkanes of at least 4 members (excludes halogenated alkanes) is 27. The lowest BCUT2D eigenvalue weighted by Gasteiger charge is -2.29. The van der Waals surface area contributed by atoms with Crippen LogP contribution in [0.15, 0.2) is 0 Å². The first kappa shape index (κ1) is 43.4. The number of thiol groups is 1. The van der Waals surface area contributed by atoms with Gasteiger partial charge in [-0.15, -0.1) is 0 Å². The van der Waals surface area contributed by atoms with Gasteiger partial charge in [0.2, 0.25) is 0 Å². The fourth-order valence-electron chi connectivity index (χ4n) is 5.93. The van der Waals surface area contributed by atoms with E-state index in [1.807, 2.05) is 0 Å². The second-order valence-corrected chi connectivity index (χ2v) is 16.4. The maximum absolute atomic E-state index is 6.57. The first-order valence-corrected chi connectivity index (χ1v) is 22.3. The first-order valence-electron chi connectivity index (χ1n) is 19.8. The molecule has 0 rings (SSSR count). The van der Waals surface area contributed by atoms with E-state index in [2.05, 4.69) is 33.4 Å². The minimum atomic E-state index is -2.65. The largest absolute Gasteiger partial charge is 0.501 e. The molecule has 0 amide bonds. The molecule has 0 fully saturated rings. The summed E-state index contributed by atoms with van der Waals surface area (Å²) in [6.45, 7) is 9.23. The SMILES string of the molecule is CCCCCCCCCCCCO[Si](CCS)(OCCCCCCCCCCCC)OCCCCCCCCCCCC. The van der Waals surface area contributed by atoms with E-state index in [-0.39, 0.29) is 0 Å². The smallest absolute Gasteiger partial charge is 0.373 e. The number of hydrogen-bond acceptors (Lipinski definition) is 4. The minimum Gasteiger partial charge on any atom is -0.373 e. The van der Waals surface area contributed by atoms with E-state index >= 15 is 0 Å². The molecule has 260 valence electrons. The summed E-state index contributed by atoms with van der Waals surface area (Å²) in [5, 5.41) is 0. The maximum atomic E-state index is 6.57. The van der Waals surface area contributed by atoms with Crippen LogP contribution in [-0.2, 0) is 13.3 Å². The van der Waals surface area contributed by atoms with Gasteiger partial charge in [0, 0.05) is 25.9 Å². The quantitative estimate of drug-likeness (QED) is 0.0412. The van der Waals surface area contributed by atoms with Crippen LogP contribution in [0.4, 0.5) is 0 Å². The summed E-state index contributed by atoms with van der Waals surface area (Å²) >= 11 is 4.61. The van der Waals surface area contributed by atoms with Crippen molar-refractivity contribution in [3.05, 3.63) is 0 Å². The van der Waals surface area contributed by atoms with Gasteiger partial charge in [0.1, 0.15) is 0 Å². The van der Waals surface area contributed by atoms with Crippen LogP contribution in [0.25, 0.3) is 0 Å². The van der Waals surface area contributed by atoms with Gasteiger partial charge in [0.25, 0.3) is 0 Å². The molecule has 0 saturated carbocycles. The van der Waals surface area contributed by atoms with E-state index in [1.165, 1.54) is 173 Å². The van der Waals surface area contributed by atoms with Gasteiger partial charge in [0.05, 0.1) is 0 Å². The predicted molar refractivity (Wildman–Crippen MR) is 198 cm³/mol. The highest BCUT2D eigenvalue weighted by Crippen LogP contribution is 2.21. The fraction of sp³-hybridized carbons (Fsp3) is 1.00. The van der Waals surface area contributed by atoms with E-state index in [1.54, 1.807) is 0 Å². The molecule has 0 atom stereocenters. The molecular formula is C38H80O3SSi. The third-order valence-electron chi connectivity index (χ3n) is 8.88. The zero-order valence-electron chi connectivity index (χ0n) is 29.9. The zero-order chi connectivity index (χ0) is 31.4. The second kappa shape index (κ2) is 36.9. The van der Waals surface area contributed by atoms with Gasteiger partial charge in [0.15, 0.2) is 0 Å². The van der Waals surface area contributed by atoms with Crippen LogP contribution in [0.2, 0.25) is 6.04 Å². The fourth-order valence-corrected chi connectivity index (χ4v) is 9.07. The van der Waals surface area contributed by atoms with Crippen LogP contribution >= 0.6 is 12.6 Å². The van der Waals surface area contributed by atoms with Gasteiger partial charge in [-0.3, -0.25) is 0 Å². The average molecular weight is 645 g/mol. The van der Waals surface area contributed by atoms with Crippen molar-refractivity contribution in [2.24, 2.45) is 0 Å². The Kier molecular flexibility index (Phi) is 37.3. The third kappa shape index (κ3) is 32.2. The standard InChI is InChI=1S/C38H80O3SSi/c1-4-7-10-13-16-19-22-25-28-31-34-39-43(38-37-42,40-35-32-29-26-23-20-17-14-11-8-5-2)41-36-33-30-27-24-21-18-15-12-9-6-3/h42H,4-38H2,1-3H3. The molecule has 3 nitrogen and oxygen atoms in total. The molecule has 0 spiro atoms. The van der Waals surface area contributed by atoms with Crippen LogP contribution in [-0.4, -0.2) is 34.4 Å². The van der Waals surface area contributed by atoms with Gasteiger partial charge >= 0.3 is 8.80 Å². The Morgan fingerprint density at radius 2 is 0.535 bits per heavy atom. The lowest BCUT2D eigenvalue weighted by Crippen LogP contribution is -2.47. The monoisotopic (exact) mass is 645 g/mol. The van der Waals surface area contributed by atoms with Crippen LogP contribution in [0.3, 0.4) is 0 Å². The molecule has 43 heavy (non-hydrogen) atoms. The first-order chi connectivity index (χ1) is 21.2. The summed E-state index contributed by atoms with van der Waals surface area (Å²) in [5.74, 6) is 0.778. The van der Waals surface area contributed by atoms with Crippen molar-refractivity contribution in [2.45, 2.75) is 219 Å². The molecule has 0 aliphatic heterocycles. The van der Waals surface area contributed by atoms with Crippen molar-refractivity contribution < 1.29 is 13.3 Å². The van der Waals surface area contributed by atoms with Gasteiger partial charge in [-0.2, -0.15) is 12.6 Å². The normalized spacial score (nSPS) is 12.0. The molecule has 5 heteroatoms. The Morgan fingerprint density at radius 1 is 0.326 bits per heavy atom. The second-order valence-electron chi connectivity index (χ2n) is 13.2. The minimum absolute atomic E-state index is 0.778. The molecule has 0 heterocycles. The topological polar surface area (TPSA) is 27.7 Å². The molecule has 0 N–H and O–H groups in total. The van der Waals surface area contributed by atoms with Gasteiger partial charge in [-0.25, -0.2) is 0 Å². The molecule has 0 aliphatic rings. The van der Waals surface area contributed by atoms with Crippen molar-refractivity contribution in [1.82, 2.24) is 0 Å². The van der Waals surface area contributed by atoms with Crippen molar-refractivity contribution in [3.63, 3.8) is 0 Å². The molecule has 0 aliphatic carbocycles. The molecule has 0 bridgehead atoms. The van der Waals surface area contributed by atoms with E-state index in [9.17, 15) is 0 Å².